The van der Waals surface area contributed by atoms with Crippen molar-refractivity contribution in [2.75, 3.05) is 5.73 Å². The van der Waals surface area contributed by atoms with Gasteiger partial charge in [0.05, 0.1) is 0 Å². The summed E-state index contributed by atoms with van der Waals surface area (Å²) < 4.78 is 5.66. The van der Waals surface area contributed by atoms with Crippen LogP contribution in [-0.4, -0.2) is 4.98 Å². The average Bonchev–Trinajstić information content (AvgIpc) is 2.48. The van der Waals surface area contributed by atoms with E-state index in [9.17, 15) is 0 Å². The van der Waals surface area contributed by atoms with Crippen molar-refractivity contribution in [1.29, 1.82) is 0 Å². The van der Waals surface area contributed by atoms with Crippen LogP contribution in [0.3, 0.4) is 0 Å². The zero-order valence-electron chi connectivity index (χ0n) is 11.2. The Bertz CT molecular complexity index is 722. The maximum atomic E-state index is 5.85. The van der Waals surface area contributed by atoms with Gasteiger partial charge in [0.15, 0.2) is 0 Å². The number of nitrogens with two attached hydrogens (primary N) is 1. The second-order valence-corrected chi connectivity index (χ2v) is 4.94. The van der Waals surface area contributed by atoms with Crippen LogP contribution in [0.25, 0.3) is 11.1 Å². The van der Waals surface area contributed by atoms with Crippen molar-refractivity contribution >= 4 is 17.3 Å². The Morgan fingerprint density at radius 1 is 0.857 bits per heavy atom. The Kier molecular flexibility index (Phi) is 3.75. The third kappa shape index (κ3) is 3.33. The Balaban J connectivity index is 1.81. The van der Waals surface area contributed by atoms with Crippen LogP contribution in [0.1, 0.15) is 0 Å². The molecule has 1 heterocycles. The van der Waals surface area contributed by atoms with Crippen LogP contribution in [0.2, 0.25) is 5.15 Å². The lowest BCUT2D eigenvalue weighted by molar-refractivity contribution is 0.463. The third-order valence-corrected chi connectivity index (χ3v) is 3.17. The van der Waals surface area contributed by atoms with Crippen molar-refractivity contribution in [3.05, 3.63) is 71.9 Å². The molecule has 2 aromatic carbocycles. The zero-order valence-corrected chi connectivity index (χ0v) is 11.9. The highest BCUT2D eigenvalue weighted by molar-refractivity contribution is 6.29. The molecule has 21 heavy (non-hydrogen) atoms. The van der Waals surface area contributed by atoms with Crippen LogP contribution in [-0.2, 0) is 0 Å². The van der Waals surface area contributed by atoms with Gasteiger partial charge in [0, 0.05) is 11.8 Å². The quantitative estimate of drug-likeness (QED) is 0.708. The van der Waals surface area contributed by atoms with Gasteiger partial charge in [-0.3, -0.25) is 0 Å². The number of nitrogens with zero attached hydrogens (tertiary/aromatic N) is 1. The lowest BCUT2D eigenvalue weighted by atomic mass is 10.1. The first-order chi connectivity index (χ1) is 10.2. The molecule has 0 unspecified atom stereocenters. The van der Waals surface area contributed by atoms with Crippen LogP contribution < -0.4 is 10.5 Å². The molecular formula is C17H13ClN2O. The smallest absolute Gasteiger partial charge is 0.222 e. The zero-order chi connectivity index (χ0) is 14.7. The molecule has 0 amide bonds. The van der Waals surface area contributed by atoms with Crippen molar-refractivity contribution < 1.29 is 4.74 Å². The van der Waals surface area contributed by atoms with Gasteiger partial charge in [0.2, 0.25) is 5.88 Å². The maximum Gasteiger partial charge on any atom is 0.222 e. The summed E-state index contributed by atoms with van der Waals surface area (Å²) in [6.07, 6.45) is 0. The summed E-state index contributed by atoms with van der Waals surface area (Å²) in [5, 5.41) is 0.311. The van der Waals surface area contributed by atoms with Crippen molar-refractivity contribution in [3.8, 4) is 22.8 Å². The van der Waals surface area contributed by atoms with Gasteiger partial charge in [0.25, 0.3) is 0 Å². The molecular weight excluding hydrogens is 284 g/mol. The number of halogens is 1. The van der Waals surface area contributed by atoms with Gasteiger partial charge in [-0.2, -0.15) is 0 Å². The summed E-state index contributed by atoms with van der Waals surface area (Å²) in [6, 6.07) is 21.1. The number of rotatable bonds is 3. The lowest BCUT2D eigenvalue weighted by Gasteiger charge is -2.07. The maximum absolute atomic E-state index is 5.85. The Morgan fingerprint density at radius 3 is 2.19 bits per heavy atom. The summed E-state index contributed by atoms with van der Waals surface area (Å²) in [7, 11) is 0. The number of anilines is 1. The number of benzene rings is 2. The molecule has 104 valence electrons. The summed E-state index contributed by atoms with van der Waals surface area (Å²) in [4.78, 5) is 4.07. The van der Waals surface area contributed by atoms with Crippen molar-refractivity contribution in [2.45, 2.75) is 0 Å². The minimum Gasteiger partial charge on any atom is -0.439 e. The molecule has 0 fully saturated rings. The van der Waals surface area contributed by atoms with Gasteiger partial charge in [-0.25, -0.2) is 4.98 Å². The molecule has 0 spiro atoms. The highest BCUT2D eigenvalue weighted by Crippen LogP contribution is 2.26. The summed E-state index contributed by atoms with van der Waals surface area (Å²) in [5.74, 6) is 1.07. The first-order valence-corrected chi connectivity index (χ1v) is 6.85. The Morgan fingerprint density at radius 2 is 1.52 bits per heavy atom. The Labute approximate surface area is 128 Å². The first kappa shape index (κ1) is 13.5. The molecule has 4 heteroatoms. The first-order valence-electron chi connectivity index (χ1n) is 6.47. The van der Waals surface area contributed by atoms with E-state index in [1.54, 1.807) is 12.1 Å². The molecule has 1 aromatic heterocycles. The average molecular weight is 297 g/mol. The van der Waals surface area contributed by atoms with Crippen LogP contribution in [0.4, 0.5) is 5.69 Å². The van der Waals surface area contributed by atoms with Gasteiger partial charge in [0.1, 0.15) is 10.9 Å². The predicted octanol–water partition coefficient (Wildman–Crippen LogP) is 4.78. The van der Waals surface area contributed by atoms with Gasteiger partial charge >= 0.3 is 0 Å². The second-order valence-electron chi connectivity index (χ2n) is 4.55. The molecule has 3 aromatic rings. The minimum absolute atomic E-state index is 0.311. The summed E-state index contributed by atoms with van der Waals surface area (Å²) in [5.41, 5.74) is 8.52. The van der Waals surface area contributed by atoms with E-state index in [4.69, 9.17) is 22.1 Å². The molecule has 0 aliphatic heterocycles. The van der Waals surface area contributed by atoms with E-state index in [0.717, 1.165) is 11.1 Å². The molecule has 2 N–H and O–H groups in total. The molecule has 0 bridgehead atoms. The fourth-order valence-electron chi connectivity index (χ4n) is 2.01. The molecule has 3 rings (SSSR count). The third-order valence-electron chi connectivity index (χ3n) is 2.98. The minimum atomic E-state index is 0.311. The molecule has 3 nitrogen and oxygen atoms in total. The van der Waals surface area contributed by atoms with Gasteiger partial charge < -0.3 is 10.5 Å². The number of hydrogen-bond acceptors (Lipinski definition) is 3. The standard InChI is InChI=1S/C17H13ClN2O/c18-16-10-14(19)11-17(20-16)21-15-8-6-13(7-9-15)12-4-2-1-3-5-12/h1-11H,(H2,19,20). The fourth-order valence-corrected chi connectivity index (χ4v) is 2.22. The van der Waals surface area contributed by atoms with Gasteiger partial charge in [-0.05, 0) is 29.3 Å². The Hall–Kier alpha value is -2.52. The largest absolute Gasteiger partial charge is 0.439 e. The molecule has 0 aliphatic rings. The predicted molar refractivity (Wildman–Crippen MR) is 85.6 cm³/mol. The van der Waals surface area contributed by atoms with Crippen molar-refractivity contribution in [1.82, 2.24) is 4.98 Å². The van der Waals surface area contributed by atoms with Crippen LogP contribution >= 0.6 is 11.6 Å². The van der Waals surface area contributed by atoms with E-state index in [1.165, 1.54) is 0 Å². The normalized spacial score (nSPS) is 10.3. The van der Waals surface area contributed by atoms with Gasteiger partial charge in [-0.1, -0.05) is 54.1 Å². The van der Waals surface area contributed by atoms with E-state index in [2.05, 4.69) is 17.1 Å². The fraction of sp³-hybridized carbons (Fsp3) is 0. The SMILES string of the molecule is Nc1cc(Cl)nc(Oc2ccc(-c3ccccc3)cc2)c1. The van der Waals surface area contributed by atoms with Gasteiger partial charge in [-0.15, -0.1) is 0 Å². The van der Waals surface area contributed by atoms with E-state index in [1.807, 2.05) is 42.5 Å². The monoisotopic (exact) mass is 296 g/mol. The molecule has 0 aliphatic carbocycles. The number of hydrogen-bond donors (Lipinski definition) is 1. The van der Waals surface area contributed by atoms with E-state index in [0.29, 0.717) is 22.5 Å². The van der Waals surface area contributed by atoms with Crippen molar-refractivity contribution in [2.24, 2.45) is 0 Å². The van der Waals surface area contributed by atoms with Crippen LogP contribution in [0, 0.1) is 0 Å². The molecule has 0 radical (unpaired) electrons. The highest BCUT2D eigenvalue weighted by Gasteiger charge is 2.03. The lowest BCUT2D eigenvalue weighted by Crippen LogP contribution is -1.92. The number of nitrogen functional groups attached to an aromatic ring is 1. The van der Waals surface area contributed by atoms with E-state index in [-0.39, 0.29) is 0 Å². The molecule has 0 saturated heterocycles. The molecule has 0 atom stereocenters. The van der Waals surface area contributed by atoms with E-state index >= 15 is 0 Å². The van der Waals surface area contributed by atoms with Crippen LogP contribution in [0.15, 0.2) is 66.7 Å². The number of pyridine rings is 1. The van der Waals surface area contributed by atoms with E-state index < -0.39 is 0 Å². The van der Waals surface area contributed by atoms with Crippen molar-refractivity contribution in [3.63, 3.8) is 0 Å². The molecule has 0 saturated carbocycles. The number of aromatic nitrogens is 1. The summed E-state index contributed by atoms with van der Waals surface area (Å²) in [6.45, 7) is 0. The topological polar surface area (TPSA) is 48.1 Å². The van der Waals surface area contributed by atoms with Crippen LogP contribution in [0.5, 0.6) is 11.6 Å². The summed E-state index contributed by atoms with van der Waals surface area (Å²) >= 11 is 5.85. The second kappa shape index (κ2) is 5.85. The number of ether oxygens (including phenoxy) is 1. The highest BCUT2D eigenvalue weighted by atomic mass is 35.5.